The lowest BCUT2D eigenvalue weighted by molar-refractivity contribution is -0.286. The molecule has 1 amide bonds. The molecular weight excluding hydrogens is 406 g/mol. The van der Waals surface area contributed by atoms with E-state index in [0.717, 1.165) is 6.07 Å². The Morgan fingerprint density at radius 2 is 1.85 bits per heavy atom. The second kappa shape index (κ2) is 6.95. The first-order valence-electron chi connectivity index (χ1n) is 7.54. The van der Waals surface area contributed by atoms with E-state index in [0.29, 0.717) is 0 Å². The molecule has 11 heteroatoms. The Kier molecular flexibility index (Phi) is 4.98. The summed E-state index contributed by atoms with van der Waals surface area (Å²) in [6.07, 6.45) is -3.77. The first kappa shape index (κ1) is 19.3. The number of sulfonamides is 1. The number of hydrogen-bond donors (Lipinski definition) is 2. The predicted octanol–water partition coefficient (Wildman–Crippen LogP) is 2.97. The largest absolute Gasteiger partial charge is 0.586 e. The van der Waals surface area contributed by atoms with Gasteiger partial charge in [0, 0.05) is 16.8 Å². The van der Waals surface area contributed by atoms with Crippen LogP contribution < -0.4 is 19.5 Å². The molecule has 0 saturated heterocycles. The number of benzene rings is 2. The molecule has 0 saturated carbocycles. The summed E-state index contributed by atoms with van der Waals surface area (Å²) < 4.78 is 61.4. The van der Waals surface area contributed by atoms with Crippen LogP contribution in [0.5, 0.6) is 11.5 Å². The lowest BCUT2D eigenvalue weighted by atomic mass is 10.2. The molecule has 0 radical (unpaired) electrons. The molecule has 7 nitrogen and oxygen atoms in total. The number of fused-ring (bicyclic) bond motifs is 1. The molecule has 1 heterocycles. The van der Waals surface area contributed by atoms with E-state index < -0.39 is 28.3 Å². The van der Waals surface area contributed by atoms with Gasteiger partial charge in [-0.25, -0.2) is 8.42 Å². The Morgan fingerprint density at radius 3 is 2.56 bits per heavy atom. The standard InChI is InChI=1S/C16H13ClF2N2O5S/c1-9(21-27(23,24)12-4-2-3-10(17)7-12)15(22)20-11-5-6-13-14(8-11)26-16(18,19)25-13/h2-9,21H,1H3,(H,20,22)/t9-/m1/s1. The van der Waals surface area contributed by atoms with E-state index in [1.807, 2.05) is 0 Å². The van der Waals surface area contributed by atoms with Gasteiger partial charge in [0.25, 0.3) is 0 Å². The van der Waals surface area contributed by atoms with Crippen LogP contribution in [0, 0.1) is 0 Å². The van der Waals surface area contributed by atoms with Crippen molar-refractivity contribution in [2.24, 2.45) is 0 Å². The van der Waals surface area contributed by atoms with Gasteiger partial charge >= 0.3 is 6.29 Å². The van der Waals surface area contributed by atoms with E-state index in [2.05, 4.69) is 19.5 Å². The van der Waals surface area contributed by atoms with Crippen molar-refractivity contribution < 1.29 is 31.5 Å². The van der Waals surface area contributed by atoms with Gasteiger partial charge in [-0.1, -0.05) is 17.7 Å². The number of carbonyl (C=O) groups excluding carboxylic acids is 1. The molecule has 0 fully saturated rings. The Hall–Kier alpha value is -2.43. The first-order chi connectivity index (χ1) is 12.6. The Morgan fingerprint density at radius 1 is 1.15 bits per heavy atom. The number of hydrogen-bond acceptors (Lipinski definition) is 5. The van der Waals surface area contributed by atoms with E-state index >= 15 is 0 Å². The molecule has 1 atom stereocenters. The summed E-state index contributed by atoms with van der Waals surface area (Å²) in [5.74, 6) is -1.12. The first-order valence-corrected chi connectivity index (χ1v) is 9.40. The fourth-order valence-electron chi connectivity index (χ4n) is 2.27. The maximum absolute atomic E-state index is 13.0. The molecule has 0 bridgehead atoms. The highest BCUT2D eigenvalue weighted by molar-refractivity contribution is 7.89. The minimum Gasteiger partial charge on any atom is -0.395 e. The molecule has 0 unspecified atom stereocenters. The van der Waals surface area contributed by atoms with Crippen molar-refractivity contribution in [3.63, 3.8) is 0 Å². The highest BCUT2D eigenvalue weighted by Crippen LogP contribution is 2.42. The van der Waals surface area contributed by atoms with Crippen molar-refractivity contribution in [1.29, 1.82) is 0 Å². The smallest absolute Gasteiger partial charge is 0.395 e. The maximum Gasteiger partial charge on any atom is 0.586 e. The molecule has 0 aromatic heterocycles. The topological polar surface area (TPSA) is 93.7 Å². The SMILES string of the molecule is C[C@@H](NS(=O)(=O)c1cccc(Cl)c1)C(=O)Nc1ccc2c(c1)OC(F)(F)O2. The Balaban J connectivity index is 1.68. The molecule has 2 aromatic carbocycles. The second-order valence-corrected chi connectivity index (χ2v) is 7.77. The summed E-state index contributed by atoms with van der Waals surface area (Å²) in [4.78, 5) is 12.1. The van der Waals surface area contributed by atoms with E-state index in [-0.39, 0.29) is 27.1 Å². The fourth-order valence-corrected chi connectivity index (χ4v) is 3.77. The van der Waals surface area contributed by atoms with Crippen molar-refractivity contribution >= 4 is 33.2 Å². The normalized spacial score (nSPS) is 16.0. The van der Waals surface area contributed by atoms with Crippen molar-refractivity contribution in [3.05, 3.63) is 47.5 Å². The third-order valence-electron chi connectivity index (χ3n) is 3.50. The number of amides is 1. The quantitative estimate of drug-likeness (QED) is 0.778. The van der Waals surface area contributed by atoms with Crippen LogP contribution in [0.2, 0.25) is 5.02 Å². The van der Waals surface area contributed by atoms with Gasteiger partial charge in [0.2, 0.25) is 15.9 Å². The molecule has 2 N–H and O–H groups in total. The van der Waals surface area contributed by atoms with Gasteiger partial charge in [-0.05, 0) is 37.3 Å². The van der Waals surface area contributed by atoms with Gasteiger partial charge in [-0.15, -0.1) is 8.78 Å². The average molecular weight is 419 g/mol. The van der Waals surface area contributed by atoms with Gasteiger partial charge < -0.3 is 14.8 Å². The molecule has 27 heavy (non-hydrogen) atoms. The summed E-state index contributed by atoms with van der Waals surface area (Å²) in [6.45, 7) is 1.33. The van der Waals surface area contributed by atoms with E-state index in [1.54, 1.807) is 0 Å². The summed E-state index contributed by atoms with van der Waals surface area (Å²) in [5.41, 5.74) is 0.133. The van der Waals surface area contributed by atoms with Crippen LogP contribution in [0.3, 0.4) is 0 Å². The zero-order valence-electron chi connectivity index (χ0n) is 13.7. The number of rotatable bonds is 5. The summed E-state index contributed by atoms with van der Waals surface area (Å²) in [5, 5.41) is 2.64. The highest BCUT2D eigenvalue weighted by atomic mass is 35.5. The number of nitrogens with one attached hydrogen (secondary N) is 2. The maximum atomic E-state index is 13.0. The van der Waals surface area contributed by atoms with Gasteiger partial charge in [0.1, 0.15) is 0 Å². The molecule has 1 aliphatic heterocycles. The van der Waals surface area contributed by atoms with Crippen molar-refractivity contribution in [3.8, 4) is 11.5 Å². The number of halogens is 3. The minimum atomic E-state index is -3.98. The zero-order valence-corrected chi connectivity index (χ0v) is 15.3. The van der Waals surface area contributed by atoms with Gasteiger partial charge in [0.15, 0.2) is 11.5 Å². The number of anilines is 1. The zero-order chi connectivity index (χ0) is 19.8. The number of carbonyl (C=O) groups is 1. The third kappa shape index (κ3) is 4.46. The lowest BCUT2D eigenvalue weighted by Gasteiger charge is -2.15. The molecule has 3 rings (SSSR count). The Bertz CT molecular complexity index is 1000. The van der Waals surface area contributed by atoms with Crippen LogP contribution >= 0.6 is 11.6 Å². The Labute approximate surface area is 158 Å². The van der Waals surface area contributed by atoms with Crippen LogP contribution in [0.25, 0.3) is 0 Å². The monoisotopic (exact) mass is 418 g/mol. The third-order valence-corrected chi connectivity index (χ3v) is 5.27. The van der Waals surface area contributed by atoms with Crippen LogP contribution in [-0.2, 0) is 14.8 Å². The fraction of sp³-hybridized carbons (Fsp3) is 0.188. The van der Waals surface area contributed by atoms with Gasteiger partial charge in [-0.2, -0.15) is 4.72 Å². The van der Waals surface area contributed by atoms with Crippen molar-refractivity contribution in [2.75, 3.05) is 5.32 Å². The van der Waals surface area contributed by atoms with Crippen molar-refractivity contribution in [1.82, 2.24) is 4.72 Å². The van der Waals surface area contributed by atoms with Crippen LogP contribution in [-0.4, -0.2) is 26.7 Å². The van der Waals surface area contributed by atoms with Crippen LogP contribution in [0.1, 0.15) is 6.92 Å². The van der Waals surface area contributed by atoms with E-state index in [1.165, 1.54) is 43.3 Å². The second-order valence-electron chi connectivity index (χ2n) is 5.62. The molecule has 1 aliphatic rings. The van der Waals surface area contributed by atoms with Crippen molar-refractivity contribution in [2.45, 2.75) is 24.2 Å². The van der Waals surface area contributed by atoms with Gasteiger partial charge in [0.05, 0.1) is 10.9 Å². The number of alkyl halides is 2. The molecule has 144 valence electrons. The highest BCUT2D eigenvalue weighted by Gasteiger charge is 2.43. The molecule has 0 aliphatic carbocycles. The van der Waals surface area contributed by atoms with E-state index in [9.17, 15) is 22.0 Å². The molecule has 0 spiro atoms. The summed E-state index contributed by atoms with van der Waals surface area (Å²) >= 11 is 5.78. The van der Waals surface area contributed by atoms with Crippen LogP contribution in [0.4, 0.5) is 14.5 Å². The summed E-state index contributed by atoms with van der Waals surface area (Å²) in [7, 11) is -3.98. The lowest BCUT2D eigenvalue weighted by Crippen LogP contribution is -2.41. The predicted molar refractivity (Wildman–Crippen MR) is 92.5 cm³/mol. The average Bonchev–Trinajstić information content (AvgIpc) is 2.87. The molecule has 2 aromatic rings. The molecular formula is C16H13ClF2N2O5S. The minimum absolute atomic E-state index is 0.0973. The van der Waals surface area contributed by atoms with Gasteiger partial charge in [-0.3, -0.25) is 4.79 Å². The number of ether oxygens (including phenoxy) is 2. The van der Waals surface area contributed by atoms with Crippen LogP contribution in [0.15, 0.2) is 47.4 Å². The summed E-state index contributed by atoms with van der Waals surface area (Å²) in [6, 6.07) is 8.06. The van der Waals surface area contributed by atoms with E-state index in [4.69, 9.17) is 11.6 Å².